The third-order valence-corrected chi connectivity index (χ3v) is 5.19. The summed E-state index contributed by atoms with van der Waals surface area (Å²) in [6.07, 6.45) is 9.48. The number of unbranched alkanes of at least 4 members (excludes halogenated alkanes) is 4. The minimum Gasteiger partial charge on any atom is -0.329 e. The molecule has 0 saturated carbocycles. The zero-order valence-corrected chi connectivity index (χ0v) is 13.8. The van der Waals surface area contributed by atoms with Gasteiger partial charge in [0.2, 0.25) is 0 Å². The van der Waals surface area contributed by atoms with Crippen molar-refractivity contribution < 1.29 is 0 Å². The fraction of sp³-hybridized carbons (Fsp3) is 1.00. The van der Waals surface area contributed by atoms with E-state index in [0.717, 1.165) is 18.4 Å². The maximum Gasteiger partial charge on any atom is 0.0303 e. The van der Waals surface area contributed by atoms with Gasteiger partial charge in [0.05, 0.1) is 0 Å². The van der Waals surface area contributed by atoms with Gasteiger partial charge in [-0.15, -0.1) is 0 Å². The molecule has 2 nitrogen and oxygen atoms in total. The van der Waals surface area contributed by atoms with Crippen LogP contribution in [0.2, 0.25) is 0 Å². The maximum absolute atomic E-state index is 6.11. The van der Waals surface area contributed by atoms with Gasteiger partial charge in [-0.25, -0.2) is 0 Å². The zero-order valence-electron chi connectivity index (χ0n) is 13.8. The van der Waals surface area contributed by atoms with E-state index in [1.807, 2.05) is 0 Å². The molecule has 2 heteroatoms. The lowest BCUT2D eigenvalue weighted by Crippen LogP contribution is -2.50. The first kappa shape index (κ1) is 17.0. The van der Waals surface area contributed by atoms with E-state index in [-0.39, 0.29) is 5.54 Å². The van der Waals surface area contributed by atoms with Crippen LogP contribution < -0.4 is 5.73 Å². The molecule has 1 fully saturated rings. The molecular weight excluding hydrogens is 232 g/mol. The first-order valence-corrected chi connectivity index (χ1v) is 8.48. The van der Waals surface area contributed by atoms with Crippen molar-refractivity contribution in [3.8, 4) is 0 Å². The molecule has 0 spiro atoms. The van der Waals surface area contributed by atoms with Crippen molar-refractivity contribution in [2.24, 2.45) is 17.6 Å². The molecule has 0 radical (unpaired) electrons. The van der Waals surface area contributed by atoms with Gasteiger partial charge < -0.3 is 5.73 Å². The molecule has 2 atom stereocenters. The molecule has 114 valence electrons. The Balaban J connectivity index is 2.37. The normalized spacial score (nSPS) is 24.0. The third-order valence-electron chi connectivity index (χ3n) is 5.19. The molecule has 1 saturated heterocycles. The second kappa shape index (κ2) is 8.26. The Labute approximate surface area is 121 Å². The maximum atomic E-state index is 6.11. The Morgan fingerprint density at radius 1 is 1.21 bits per heavy atom. The Kier molecular flexibility index (Phi) is 7.38. The van der Waals surface area contributed by atoms with Crippen LogP contribution in [0.15, 0.2) is 0 Å². The van der Waals surface area contributed by atoms with E-state index in [9.17, 15) is 0 Å². The highest BCUT2D eigenvalue weighted by molar-refractivity contribution is 4.92. The lowest BCUT2D eigenvalue weighted by Gasteiger charge is -2.38. The van der Waals surface area contributed by atoms with Crippen LogP contribution in [0.3, 0.4) is 0 Å². The molecule has 0 aromatic carbocycles. The largest absolute Gasteiger partial charge is 0.329 e. The van der Waals surface area contributed by atoms with Crippen molar-refractivity contribution in [3.05, 3.63) is 0 Å². The van der Waals surface area contributed by atoms with Gasteiger partial charge in [0.1, 0.15) is 0 Å². The van der Waals surface area contributed by atoms with Crippen LogP contribution in [-0.2, 0) is 0 Å². The average molecular weight is 268 g/mol. The van der Waals surface area contributed by atoms with Gasteiger partial charge in [0, 0.05) is 18.6 Å². The summed E-state index contributed by atoms with van der Waals surface area (Å²) in [6, 6.07) is 0. The van der Waals surface area contributed by atoms with E-state index in [0.29, 0.717) is 0 Å². The number of hydrogen-bond donors (Lipinski definition) is 1. The van der Waals surface area contributed by atoms with E-state index >= 15 is 0 Å². The lowest BCUT2D eigenvalue weighted by atomic mass is 9.91. The summed E-state index contributed by atoms with van der Waals surface area (Å²) in [5.41, 5.74) is 6.35. The predicted octanol–water partition coefficient (Wildman–Crippen LogP) is 4.04. The molecule has 1 rings (SSSR count). The van der Waals surface area contributed by atoms with E-state index in [1.54, 1.807) is 0 Å². The number of nitrogens with zero attached hydrogens (tertiary/aromatic N) is 1. The molecule has 1 aliphatic rings. The SMILES string of the molecule is CCCCCCCC(C)(CN)N1CCC(C(C)C)C1. The highest BCUT2D eigenvalue weighted by Gasteiger charge is 2.36. The topological polar surface area (TPSA) is 29.3 Å². The number of rotatable bonds is 9. The van der Waals surface area contributed by atoms with Crippen LogP contribution in [0, 0.1) is 11.8 Å². The molecule has 2 unspecified atom stereocenters. The second-order valence-corrected chi connectivity index (χ2v) is 7.10. The quantitative estimate of drug-likeness (QED) is 0.639. The Hall–Kier alpha value is -0.0800. The molecule has 1 aliphatic heterocycles. The smallest absolute Gasteiger partial charge is 0.0303 e. The van der Waals surface area contributed by atoms with Gasteiger partial charge in [-0.1, -0.05) is 52.9 Å². The van der Waals surface area contributed by atoms with Crippen molar-refractivity contribution in [1.82, 2.24) is 4.90 Å². The van der Waals surface area contributed by atoms with Crippen LogP contribution in [0.5, 0.6) is 0 Å². The molecule has 19 heavy (non-hydrogen) atoms. The number of hydrogen-bond acceptors (Lipinski definition) is 2. The second-order valence-electron chi connectivity index (χ2n) is 7.10. The monoisotopic (exact) mass is 268 g/mol. The molecule has 1 heterocycles. The van der Waals surface area contributed by atoms with Crippen molar-refractivity contribution >= 4 is 0 Å². The zero-order chi connectivity index (χ0) is 14.3. The van der Waals surface area contributed by atoms with E-state index in [2.05, 4.69) is 32.6 Å². The fourth-order valence-corrected chi connectivity index (χ4v) is 3.32. The van der Waals surface area contributed by atoms with Crippen LogP contribution in [0.25, 0.3) is 0 Å². The van der Waals surface area contributed by atoms with E-state index in [1.165, 1.54) is 58.0 Å². The Bertz CT molecular complexity index is 239. The first-order valence-electron chi connectivity index (χ1n) is 8.48. The molecule has 2 N–H and O–H groups in total. The molecule has 0 aromatic rings. The van der Waals surface area contributed by atoms with E-state index < -0.39 is 0 Å². The third kappa shape index (κ3) is 5.07. The summed E-state index contributed by atoms with van der Waals surface area (Å²) in [7, 11) is 0. The van der Waals surface area contributed by atoms with Crippen molar-refractivity contribution in [1.29, 1.82) is 0 Å². The van der Waals surface area contributed by atoms with Gasteiger partial charge in [-0.2, -0.15) is 0 Å². The van der Waals surface area contributed by atoms with Crippen molar-refractivity contribution in [2.45, 2.75) is 78.2 Å². The number of nitrogens with two attached hydrogens (primary N) is 1. The Morgan fingerprint density at radius 2 is 1.89 bits per heavy atom. The molecule has 0 bridgehead atoms. The summed E-state index contributed by atoms with van der Waals surface area (Å²) in [5.74, 6) is 1.70. The van der Waals surface area contributed by atoms with E-state index in [4.69, 9.17) is 5.73 Å². The summed E-state index contributed by atoms with van der Waals surface area (Å²) >= 11 is 0. The van der Waals surface area contributed by atoms with Gasteiger partial charge in [0.15, 0.2) is 0 Å². The first-order chi connectivity index (χ1) is 9.03. The highest BCUT2D eigenvalue weighted by Crippen LogP contribution is 2.31. The van der Waals surface area contributed by atoms with Crippen LogP contribution in [-0.4, -0.2) is 30.1 Å². The molecule has 0 amide bonds. The summed E-state index contributed by atoms with van der Waals surface area (Å²) in [4.78, 5) is 2.68. The minimum atomic E-state index is 0.246. The number of likely N-dealkylation sites (tertiary alicyclic amines) is 1. The predicted molar refractivity (Wildman–Crippen MR) is 85.4 cm³/mol. The average Bonchev–Trinajstić information content (AvgIpc) is 2.88. The standard InChI is InChI=1S/C17H36N2/c1-5-6-7-8-9-11-17(4,14-18)19-12-10-16(13-19)15(2)3/h15-16H,5-14,18H2,1-4H3. The summed E-state index contributed by atoms with van der Waals surface area (Å²) in [6.45, 7) is 12.7. The summed E-state index contributed by atoms with van der Waals surface area (Å²) < 4.78 is 0. The Morgan fingerprint density at radius 3 is 2.42 bits per heavy atom. The van der Waals surface area contributed by atoms with Gasteiger partial charge in [-0.3, -0.25) is 4.90 Å². The van der Waals surface area contributed by atoms with Crippen molar-refractivity contribution in [3.63, 3.8) is 0 Å². The molecular formula is C17H36N2. The van der Waals surface area contributed by atoms with Crippen LogP contribution >= 0.6 is 0 Å². The lowest BCUT2D eigenvalue weighted by molar-refractivity contribution is 0.120. The van der Waals surface area contributed by atoms with Gasteiger partial charge in [0.25, 0.3) is 0 Å². The van der Waals surface area contributed by atoms with Crippen molar-refractivity contribution in [2.75, 3.05) is 19.6 Å². The molecule has 0 aromatic heterocycles. The minimum absolute atomic E-state index is 0.246. The van der Waals surface area contributed by atoms with Crippen LogP contribution in [0.1, 0.15) is 72.6 Å². The van der Waals surface area contributed by atoms with Gasteiger partial charge in [-0.05, 0) is 38.1 Å². The van der Waals surface area contributed by atoms with Crippen LogP contribution in [0.4, 0.5) is 0 Å². The molecule has 0 aliphatic carbocycles. The summed E-state index contributed by atoms with van der Waals surface area (Å²) in [5, 5.41) is 0. The fourth-order valence-electron chi connectivity index (χ4n) is 3.32. The van der Waals surface area contributed by atoms with Gasteiger partial charge >= 0.3 is 0 Å². The highest BCUT2D eigenvalue weighted by atomic mass is 15.2.